The summed E-state index contributed by atoms with van der Waals surface area (Å²) in [5.74, 6) is -0.741. The summed E-state index contributed by atoms with van der Waals surface area (Å²) in [5, 5.41) is 0. The van der Waals surface area contributed by atoms with Crippen LogP contribution in [-0.2, 0) is 19.0 Å². The van der Waals surface area contributed by atoms with Gasteiger partial charge in [-0.25, -0.2) is 0 Å². The van der Waals surface area contributed by atoms with Gasteiger partial charge >= 0.3 is 0 Å². The predicted molar refractivity (Wildman–Crippen MR) is 78.8 cm³/mol. The molecule has 0 unspecified atom stereocenters. The van der Waals surface area contributed by atoms with E-state index in [9.17, 15) is 4.79 Å². The maximum absolute atomic E-state index is 12.5. The molecule has 2 saturated heterocycles. The minimum atomic E-state index is -0.859. The van der Waals surface area contributed by atoms with Crippen LogP contribution < -0.4 is 0 Å². The lowest BCUT2D eigenvalue weighted by atomic mass is 9.96. The largest absolute Gasteiger partial charge is 0.348 e. The summed E-state index contributed by atoms with van der Waals surface area (Å²) in [7, 11) is 0. The van der Waals surface area contributed by atoms with Crippen LogP contribution in [0.25, 0.3) is 0 Å². The van der Waals surface area contributed by atoms with Crippen molar-refractivity contribution in [2.24, 2.45) is 0 Å². The Hall–Kier alpha value is -1.69. The molecule has 1 spiro atoms. The quantitative estimate of drug-likeness (QED) is 0.796. The first kappa shape index (κ1) is 13.9. The molecule has 22 heavy (non-hydrogen) atoms. The van der Waals surface area contributed by atoms with E-state index in [1.54, 1.807) is 17.1 Å². The molecule has 3 atom stereocenters. The zero-order valence-corrected chi connectivity index (χ0v) is 12.7. The molecule has 1 aromatic rings. The van der Waals surface area contributed by atoms with Crippen molar-refractivity contribution >= 4 is 5.91 Å². The molecule has 2 fully saturated rings. The van der Waals surface area contributed by atoms with Crippen LogP contribution in [0.15, 0.2) is 42.5 Å². The van der Waals surface area contributed by atoms with Gasteiger partial charge in [-0.05, 0) is 25.5 Å². The average Bonchev–Trinajstić information content (AvgIpc) is 2.90. The Morgan fingerprint density at radius 3 is 2.73 bits per heavy atom. The van der Waals surface area contributed by atoms with Crippen LogP contribution in [0.5, 0.6) is 0 Å². The molecule has 1 amide bonds. The van der Waals surface area contributed by atoms with Crippen molar-refractivity contribution in [3.63, 3.8) is 0 Å². The molecule has 0 radical (unpaired) electrons. The van der Waals surface area contributed by atoms with Gasteiger partial charge in [0.2, 0.25) is 5.91 Å². The number of rotatable bonds is 1. The van der Waals surface area contributed by atoms with E-state index >= 15 is 0 Å². The number of hydrogen-bond donors (Lipinski definition) is 0. The van der Waals surface area contributed by atoms with Gasteiger partial charge in [-0.2, -0.15) is 0 Å². The molecule has 3 aliphatic rings. The van der Waals surface area contributed by atoms with Gasteiger partial charge in [0, 0.05) is 6.08 Å². The summed E-state index contributed by atoms with van der Waals surface area (Å²) < 4.78 is 17.9. The molecular formula is C17H19NO4. The Labute approximate surface area is 129 Å². The van der Waals surface area contributed by atoms with Gasteiger partial charge in [-0.15, -0.1) is 0 Å². The van der Waals surface area contributed by atoms with Gasteiger partial charge in [0.05, 0.1) is 12.6 Å². The highest BCUT2D eigenvalue weighted by Crippen LogP contribution is 2.46. The van der Waals surface area contributed by atoms with Crippen LogP contribution in [0.4, 0.5) is 0 Å². The first-order chi connectivity index (χ1) is 10.5. The number of ether oxygens (including phenoxy) is 3. The summed E-state index contributed by atoms with van der Waals surface area (Å²) in [6.07, 6.45) is 3.05. The first-order valence-corrected chi connectivity index (χ1v) is 7.54. The summed E-state index contributed by atoms with van der Waals surface area (Å²) in [6.45, 7) is 4.50. The SMILES string of the molecule is CC1(C)OC[C@@]23OC[C@@H](c4ccccc4)N2C(=O)C=C[C@H]3O1. The molecule has 0 aliphatic carbocycles. The molecule has 1 aromatic carbocycles. The fourth-order valence-electron chi connectivity index (χ4n) is 3.45. The zero-order chi connectivity index (χ0) is 15.4. The van der Waals surface area contributed by atoms with Crippen LogP contribution >= 0.6 is 0 Å². The smallest absolute Gasteiger partial charge is 0.249 e. The number of hydrogen-bond acceptors (Lipinski definition) is 4. The molecule has 0 bridgehead atoms. The molecule has 0 N–H and O–H groups in total. The molecular weight excluding hydrogens is 282 g/mol. The number of benzene rings is 1. The van der Waals surface area contributed by atoms with E-state index in [4.69, 9.17) is 14.2 Å². The van der Waals surface area contributed by atoms with E-state index < -0.39 is 11.5 Å². The molecule has 5 heteroatoms. The van der Waals surface area contributed by atoms with E-state index in [2.05, 4.69) is 0 Å². The summed E-state index contributed by atoms with van der Waals surface area (Å²) in [4.78, 5) is 14.3. The Bertz CT molecular complexity index is 627. The van der Waals surface area contributed by atoms with Gasteiger partial charge in [0.25, 0.3) is 0 Å². The molecule has 116 valence electrons. The average molecular weight is 301 g/mol. The van der Waals surface area contributed by atoms with Crippen molar-refractivity contribution < 1.29 is 19.0 Å². The number of amides is 1. The van der Waals surface area contributed by atoms with Crippen molar-refractivity contribution in [1.29, 1.82) is 0 Å². The maximum Gasteiger partial charge on any atom is 0.249 e. The van der Waals surface area contributed by atoms with E-state index in [0.29, 0.717) is 13.2 Å². The van der Waals surface area contributed by atoms with Crippen molar-refractivity contribution in [3.05, 3.63) is 48.0 Å². The second-order valence-electron chi connectivity index (χ2n) is 6.38. The van der Waals surface area contributed by atoms with Gasteiger partial charge in [-0.3, -0.25) is 9.69 Å². The molecule has 5 nitrogen and oxygen atoms in total. The van der Waals surface area contributed by atoms with Crippen LogP contribution in [0.1, 0.15) is 25.5 Å². The highest BCUT2D eigenvalue weighted by atomic mass is 16.7. The van der Waals surface area contributed by atoms with Crippen LogP contribution in [-0.4, -0.2) is 41.6 Å². The molecule has 0 aromatic heterocycles. The third-order valence-electron chi connectivity index (χ3n) is 4.53. The fourth-order valence-corrected chi connectivity index (χ4v) is 3.45. The van der Waals surface area contributed by atoms with Crippen molar-refractivity contribution in [2.45, 2.75) is 37.5 Å². The Kier molecular flexibility index (Phi) is 2.95. The van der Waals surface area contributed by atoms with Crippen molar-refractivity contribution in [3.8, 4) is 0 Å². The van der Waals surface area contributed by atoms with Gasteiger partial charge in [0.1, 0.15) is 12.7 Å². The third-order valence-corrected chi connectivity index (χ3v) is 4.53. The van der Waals surface area contributed by atoms with Crippen LogP contribution in [0, 0.1) is 0 Å². The minimum Gasteiger partial charge on any atom is -0.348 e. The number of carbonyl (C=O) groups is 1. The Morgan fingerprint density at radius 2 is 1.95 bits per heavy atom. The lowest BCUT2D eigenvalue weighted by Crippen LogP contribution is -2.66. The van der Waals surface area contributed by atoms with E-state index in [0.717, 1.165) is 5.56 Å². The summed E-state index contributed by atoms with van der Waals surface area (Å²) in [6, 6.07) is 9.82. The molecule has 0 saturated carbocycles. The standard InChI is InChI=1S/C17H19NO4/c1-16(2)21-11-17-14(22-16)8-9-15(19)18(17)13(10-20-17)12-6-4-3-5-7-12/h3-9,13-14H,10-11H2,1-2H3/t13-,14+,17-/m0/s1. The number of carbonyl (C=O) groups excluding carboxylic acids is 1. The molecule has 3 heterocycles. The lowest BCUT2D eigenvalue weighted by molar-refractivity contribution is -0.345. The fraction of sp³-hybridized carbons (Fsp3) is 0.471. The van der Waals surface area contributed by atoms with Gasteiger partial charge in [0.15, 0.2) is 11.5 Å². The normalized spacial score (nSPS) is 36.1. The third kappa shape index (κ3) is 1.93. The zero-order valence-electron chi connectivity index (χ0n) is 12.7. The van der Waals surface area contributed by atoms with Crippen LogP contribution in [0.2, 0.25) is 0 Å². The molecule has 3 aliphatic heterocycles. The second-order valence-corrected chi connectivity index (χ2v) is 6.38. The van der Waals surface area contributed by atoms with E-state index in [1.807, 2.05) is 44.2 Å². The first-order valence-electron chi connectivity index (χ1n) is 7.54. The highest BCUT2D eigenvalue weighted by Gasteiger charge is 2.60. The van der Waals surface area contributed by atoms with Crippen molar-refractivity contribution in [2.75, 3.05) is 13.2 Å². The van der Waals surface area contributed by atoms with Crippen LogP contribution in [0.3, 0.4) is 0 Å². The minimum absolute atomic E-state index is 0.0606. The lowest BCUT2D eigenvalue weighted by Gasteiger charge is -2.51. The number of nitrogens with zero attached hydrogens (tertiary/aromatic N) is 1. The maximum atomic E-state index is 12.5. The van der Waals surface area contributed by atoms with E-state index in [-0.39, 0.29) is 18.1 Å². The summed E-state index contributed by atoms with van der Waals surface area (Å²) in [5.41, 5.74) is 0.202. The highest BCUT2D eigenvalue weighted by molar-refractivity contribution is 5.90. The predicted octanol–water partition coefficient (Wildman–Crippen LogP) is 2.00. The van der Waals surface area contributed by atoms with Gasteiger partial charge in [-0.1, -0.05) is 30.3 Å². The van der Waals surface area contributed by atoms with Gasteiger partial charge < -0.3 is 14.2 Å². The second kappa shape index (κ2) is 4.65. The Morgan fingerprint density at radius 1 is 1.18 bits per heavy atom. The molecule has 4 rings (SSSR count). The monoisotopic (exact) mass is 301 g/mol. The van der Waals surface area contributed by atoms with Crippen molar-refractivity contribution in [1.82, 2.24) is 4.90 Å². The summed E-state index contributed by atoms with van der Waals surface area (Å²) >= 11 is 0. The Balaban J connectivity index is 1.74. The topological polar surface area (TPSA) is 48.0 Å². The van der Waals surface area contributed by atoms with E-state index in [1.165, 1.54) is 0 Å².